The van der Waals surface area contributed by atoms with Gasteiger partial charge in [0.25, 0.3) is 11.7 Å². The third kappa shape index (κ3) is 7.27. The van der Waals surface area contributed by atoms with E-state index >= 15 is 0 Å². The maximum absolute atomic E-state index is 13.6. The van der Waals surface area contributed by atoms with E-state index in [1.807, 2.05) is 67.6 Å². The van der Waals surface area contributed by atoms with Crippen molar-refractivity contribution in [3.8, 4) is 17.2 Å². The molecule has 1 N–H and O–H groups in total. The molecule has 3 aromatic rings. The second kappa shape index (κ2) is 14.4. The zero-order chi connectivity index (χ0) is 30.2. The van der Waals surface area contributed by atoms with Crippen LogP contribution < -0.4 is 9.47 Å². The summed E-state index contributed by atoms with van der Waals surface area (Å²) in [6.07, 6.45) is 2.66. The zero-order valence-corrected chi connectivity index (χ0v) is 25.0. The molecule has 3 aromatic carbocycles. The molecular formula is C35H40N2O6. The number of morpholine rings is 1. The van der Waals surface area contributed by atoms with Crippen molar-refractivity contribution in [2.75, 3.05) is 46.0 Å². The fourth-order valence-electron chi connectivity index (χ4n) is 5.59. The molecule has 5 rings (SSSR count). The highest BCUT2D eigenvalue weighted by molar-refractivity contribution is 6.46. The number of likely N-dealkylation sites (tertiary alicyclic amines) is 1. The van der Waals surface area contributed by atoms with Crippen molar-refractivity contribution in [1.82, 2.24) is 9.80 Å². The molecule has 0 unspecified atom stereocenters. The average Bonchev–Trinajstić information content (AvgIpc) is 3.27. The lowest BCUT2D eigenvalue weighted by Gasteiger charge is -2.29. The number of aliphatic hydroxyl groups excluding tert-OH is 1. The van der Waals surface area contributed by atoms with Gasteiger partial charge in [-0.25, -0.2) is 0 Å². The number of ketones is 1. The van der Waals surface area contributed by atoms with Crippen LogP contribution in [0.1, 0.15) is 48.9 Å². The van der Waals surface area contributed by atoms with Crippen LogP contribution in [0.25, 0.3) is 5.76 Å². The predicted octanol–water partition coefficient (Wildman–Crippen LogP) is 6.11. The molecule has 8 heteroatoms. The standard InChI is InChI=1S/C35H40N2O6/c1-3-4-20-42-28-14-15-30(25(2)23-28)33(38)31-32(26-10-8-13-29(24-26)43-27-11-6-5-7-12-27)37(35(40)34(31)39)17-9-16-36-18-21-41-22-19-36/h5-8,10-15,23-24,32,38H,3-4,9,16-22H2,1-2H3/t32-/m1/s1. The summed E-state index contributed by atoms with van der Waals surface area (Å²) in [4.78, 5) is 31.0. The van der Waals surface area contributed by atoms with Crippen molar-refractivity contribution in [3.05, 3.63) is 95.1 Å². The van der Waals surface area contributed by atoms with Crippen molar-refractivity contribution in [3.63, 3.8) is 0 Å². The van der Waals surface area contributed by atoms with Crippen LogP contribution in [0.4, 0.5) is 0 Å². The van der Waals surface area contributed by atoms with Gasteiger partial charge in [0.05, 0.1) is 31.4 Å². The maximum atomic E-state index is 13.6. The molecule has 2 saturated heterocycles. The molecule has 43 heavy (non-hydrogen) atoms. The van der Waals surface area contributed by atoms with Crippen LogP contribution in [0.15, 0.2) is 78.4 Å². The molecule has 2 aliphatic rings. The summed E-state index contributed by atoms with van der Waals surface area (Å²) in [5, 5.41) is 11.7. The third-order valence-corrected chi connectivity index (χ3v) is 7.89. The summed E-state index contributed by atoms with van der Waals surface area (Å²) in [5.41, 5.74) is 2.02. The molecule has 0 bridgehead atoms. The van der Waals surface area contributed by atoms with E-state index in [0.29, 0.717) is 61.2 Å². The number of unbranched alkanes of at least 4 members (excludes halogenated alkanes) is 1. The fourth-order valence-corrected chi connectivity index (χ4v) is 5.59. The van der Waals surface area contributed by atoms with Crippen LogP contribution in [0.2, 0.25) is 0 Å². The van der Waals surface area contributed by atoms with E-state index in [2.05, 4.69) is 11.8 Å². The number of hydrogen-bond acceptors (Lipinski definition) is 7. The van der Waals surface area contributed by atoms with Crippen molar-refractivity contribution in [2.24, 2.45) is 0 Å². The van der Waals surface area contributed by atoms with Crippen molar-refractivity contribution in [2.45, 2.75) is 39.2 Å². The highest BCUT2D eigenvalue weighted by Gasteiger charge is 2.46. The first-order chi connectivity index (χ1) is 21.0. The Hall–Kier alpha value is -4.14. The molecular weight excluding hydrogens is 544 g/mol. The normalized spacial score (nSPS) is 18.7. The quantitative estimate of drug-likeness (QED) is 0.119. The third-order valence-electron chi connectivity index (χ3n) is 7.89. The minimum Gasteiger partial charge on any atom is -0.507 e. The monoisotopic (exact) mass is 584 g/mol. The van der Waals surface area contributed by atoms with E-state index < -0.39 is 17.7 Å². The first-order valence-corrected chi connectivity index (χ1v) is 15.1. The number of carbonyl (C=O) groups excluding carboxylic acids is 2. The molecule has 0 spiro atoms. The summed E-state index contributed by atoms with van der Waals surface area (Å²) >= 11 is 0. The van der Waals surface area contributed by atoms with Crippen LogP contribution in [0, 0.1) is 6.92 Å². The highest BCUT2D eigenvalue weighted by atomic mass is 16.5. The molecule has 0 aromatic heterocycles. The second-order valence-electron chi connectivity index (χ2n) is 11.0. The van der Waals surface area contributed by atoms with Gasteiger partial charge in [-0.2, -0.15) is 0 Å². The van der Waals surface area contributed by atoms with Gasteiger partial charge >= 0.3 is 0 Å². The van der Waals surface area contributed by atoms with E-state index in [1.165, 1.54) is 0 Å². The summed E-state index contributed by atoms with van der Waals surface area (Å²) in [6.45, 7) is 8.82. The van der Waals surface area contributed by atoms with Crippen molar-refractivity contribution < 1.29 is 28.9 Å². The number of amides is 1. The smallest absolute Gasteiger partial charge is 0.295 e. The Kier molecular flexibility index (Phi) is 10.1. The van der Waals surface area contributed by atoms with E-state index in [-0.39, 0.29) is 11.3 Å². The van der Waals surface area contributed by atoms with E-state index in [9.17, 15) is 14.7 Å². The Bertz CT molecular complexity index is 1450. The number of benzene rings is 3. The minimum absolute atomic E-state index is 0.0796. The number of carbonyl (C=O) groups is 2. The highest BCUT2D eigenvalue weighted by Crippen LogP contribution is 2.41. The van der Waals surface area contributed by atoms with Crippen LogP contribution in [-0.2, 0) is 14.3 Å². The molecule has 8 nitrogen and oxygen atoms in total. The summed E-state index contributed by atoms with van der Waals surface area (Å²) in [7, 11) is 0. The molecule has 1 amide bonds. The van der Waals surface area contributed by atoms with Gasteiger partial charge in [0.1, 0.15) is 23.0 Å². The van der Waals surface area contributed by atoms with E-state index in [4.69, 9.17) is 14.2 Å². The van der Waals surface area contributed by atoms with E-state index in [0.717, 1.165) is 38.0 Å². The number of Topliss-reactive ketones (excluding diaryl/α,β-unsaturated/α-hetero) is 1. The first kappa shape index (κ1) is 30.3. The topological polar surface area (TPSA) is 88.5 Å². The molecule has 2 heterocycles. The molecule has 0 aliphatic carbocycles. The molecule has 226 valence electrons. The Balaban J connectivity index is 1.48. The maximum Gasteiger partial charge on any atom is 0.295 e. The molecule has 1 atom stereocenters. The zero-order valence-electron chi connectivity index (χ0n) is 25.0. The molecule has 0 radical (unpaired) electrons. The minimum atomic E-state index is -0.760. The van der Waals surface area contributed by atoms with E-state index in [1.54, 1.807) is 17.0 Å². The lowest BCUT2D eigenvalue weighted by atomic mass is 9.93. The van der Waals surface area contributed by atoms with Gasteiger partial charge in [0, 0.05) is 31.7 Å². The van der Waals surface area contributed by atoms with Gasteiger partial charge in [-0.05, 0) is 73.4 Å². The Morgan fingerprint density at radius 2 is 1.67 bits per heavy atom. The largest absolute Gasteiger partial charge is 0.507 e. The molecule has 2 fully saturated rings. The number of nitrogens with zero attached hydrogens (tertiary/aromatic N) is 2. The fraction of sp³-hybridized carbons (Fsp3) is 0.371. The van der Waals surface area contributed by atoms with Crippen LogP contribution >= 0.6 is 0 Å². The van der Waals surface area contributed by atoms with Crippen molar-refractivity contribution >= 4 is 17.4 Å². The lowest BCUT2D eigenvalue weighted by Crippen LogP contribution is -2.38. The van der Waals surface area contributed by atoms with Gasteiger partial charge in [0.15, 0.2) is 0 Å². The number of para-hydroxylation sites is 1. The summed E-state index contributed by atoms with van der Waals surface area (Å²) in [6, 6.07) is 21.5. The van der Waals surface area contributed by atoms with Crippen molar-refractivity contribution in [1.29, 1.82) is 0 Å². The number of ether oxygens (including phenoxy) is 3. The first-order valence-electron chi connectivity index (χ1n) is 15.1. The number of rotatable bonds is 12. The van der Waals surface area contributed by atoms with Gasteiger partial charge in [-0.3, -0.25) is 14.5 Å². The summed E-state index contributed by atoms with van der Waals surface area (Å²) < 4.78 is 17.4. The Morgan fingerprint density at radius 3 is 2.42 bits per heavy atom. The van der Waals surface area contributed by atoms with Crippen LogP contribution in [0.5, 0.6) is 17.2 Å². The molecule has 0 saturated carbocycles. The van der Waals surface area contributed by atoms with Gasteiger partial charge in [-0.1, -0.05) is 43.7 Å². The summed E-state index contributed by atoms with van der Waals surface area (Å²) in [5.74, 6) is 0.467. The van der Waals surface area contributed by atoms with Crippen LogP contribution in [0.3, 0.4) is 0 Å². The lowest BCUT2D eigenvalue weighted by molar-refractivity contribution is -0.140. The van der Waals surface area contributed by atoms with Gasteiger partial charge in [-0.15, -0.1) is 0 Å². The van der Waals surface area contributed by atoms with Crippen LogP contribution in [-0.4, -0.2) is 72.6 Å². The van der Waals surface area contributed by atoms with Gasteiger partial charge in [0.2, 0.25) is 0 Å². The second-order valence-corrected chi connectivity index (χ2v) is 11.0. The average molecular weight is 585 g/mol. The number of hydrogen-bond donors (Lipinski definition) is 1. The SMILES string of the molecule is CCCCOc1ccc(C(O)=C2C(=O)C(=O)N(CCCN3CCOCC3)[C@@H]2c2cccc(Oc3ccccc3)c2)c(C)c1. The van der Waals surface area contributed by atoms with Gasteiger partial charge < -0.3 is 24.2 Å². The number of aliphatic hydroxyl groups is 1. The molecule has 2 aliphatic heterocycles. The Morgan fingerprint density at radius 1 is 0.907 bits per heavy atom. The number of aryl methyl sites for hydroxylation is 1. The predicted molar refractivity (Wildman–Crippen MR) is 165 cm³/mol. The Labute approximate surface area is 253 Å².